The van der Waals surface area contributed by atoms with E-state index in [1.54, 1.807) is 0 Å². The van der Waals surface area contributed by atoms with Crippen LogP contribution in [0, 0.1) is 46.3 Å². The Bertz CT molecular complexity index is 805. The third kappa shape index (κ3) is 5.09. The van der Waals surface area contributed by atoms with Gasteiger partial charge in [-0.1, -0.05) is 20.8 Å². The lowest BCUT2D eigenvalue weighted by Crippen LogP contribution is -2.64. The maximum absolute atomic E-state index is 12.4. The van der Waals surface area contributed by atoms with Gasteiger partial charge in [-0.15, -0.1) is 0 Å². The highest BCUT2D eigenvalue weighted by molar-refractivity contribution is 5.75. The fourth-order valence-electron chi connectivity index (χ4n) is 9.49. The molecule has 7 nitrogen and oxygen atoms in total. The van der Waals surface area contributed by atoms with Crippen LogP contribution in [-0.2, 0) is 9.59 Å². The molecule has 5 N–H and O–H groups in total. The van der Waals surface area contributed by atoms with E-state index in [0.29, 0.717) is 55.9 Å². The van der Waals surface area contributed by atoms with Crippen molar-refractivity contribution in [1.82, 2.24) is 5.32 Å². The van der Waals surface area contributed by atoms with E-state index in [0.717, 1.165) is 44.9 Å². The summed E-state index contributed by atoms with van der Waals surface area (Å²) < 4.78 is 0. The first-order valence-corrected chi connectivity index (χ1v) is 14.5. The number of aliphatic carboxylic acids is 1. The van der Waals surface area contributed by atoms with E-state index in [4.69, 9.17) is 5.11 Å². The smallest absolute Gasteiger partial charge is 0.303 e. The minimum Gasteiger partial charge on any atom is -0.481 e. The Kier molecular flexibility index (Phi) is 8.43. The van der Waals surface area contributed by atoms with Crippen molar-refractivity contribution in [2.24, 2.45) is 46.3 Å². The van der Waals surface area contributed by atoms with Gasteiger partial charge in [0.1, 0.15) is 0 Å². The predicted octanol–water partition coefficient (Wildman–Crippen LogP) is 3.74. The van der Waals surface area contributed by atoms with Crippen LogP contribution in [0.25, 0.3) is 0 Å². The summed E-state index contributed by atoms with van der Waals surface area (Å²) >= 11 is 0. The summed E-state index contributed by atoms with van der Waals surface area (Å²) in [6, 6.07) is 0. The Morgan fingerprint density at radius 2 is 1.58 bits per heavy atom. The fourth-order valence-corrected chi connectivity index (χ4v) is 9.49. The predicted molar refractivity (Wildman–Crippen MR) is 137 cm³/mol. The molecule has 4 saturated carbocycles. The number of nitrogens with one attached hydrogen (secondary N) is 1. The van der Waals surface area contributed by atoms with Gasteiger partial charge in [0.15, 0.2) is 0 Å². The SMILES string of the molecule is C[C@@H](CCC(=O)NCCCCC(=O)O)[C@@H]1CC[C@@H]2[C@H]3[C@@H](O)[C@@H](O)[C@H]4C[C@@H](O)CC[C@@]4(C)[C@@H]3CC[C@]21C. The monoisotopic (exact) mass is 507 g/mol. The Morgan fingerprint density at radius 1 is 0.889 bits per heavy atom. The molecule has 11 atom stereocenters. The minimum atomic E-state index is -0.797. The molecule has 4 aliphatic rings. The average Bonchev–Trinajstić information content (AvgIpc) is 3.18. The Labute approximate surface area is 216 Å². The summed E-state index contributed by atoms with van der Waals surface area (Å²) in [7, 11) is 0. The molecule has 1 amide bonds. The maximum Gasteiger partial charge on any atom is 0.303 e. The number of aliphatic hydroxyl groups excluding tert-OH is 3. The zero-order chi connectivity index (χ0) is 26.3. The lowest BCUT2D eigenvalue weighted by Gasteiger charge is -2.63. The Balaban J connectivity index is 1.36. The van der Waals surface area contributed by atoms with Gasteiger partial charge in [-0.25, -0.2) is 0 Å². The lowest BCUT2D eigenvalue weighted by molar-refractivity contribution is -0.223. The van der Waals surface area contributed by atoms with E-state index < -0.39 is 18.2 Å². The molecule has 0 heterocycles. The fraction of sp³-hybridized carbons (Fsp3) is 0.931. The first-order valence-electron chi connectivity index (χ1n) is 14.5. The second-order valence-electron chi connectivity index (χ2n) is 13.3. The largest absolute Gasteiger partial charge is 0.481 e. The van der Waals surface area contributed by atoms with E-state index >= 15 is 0 Å². The van der Waals surface area contributed by atoms with Gasteiger partial charge in [0.2, 0.25) is 5.91 Å². The highest BCUT2D eigenvalue weighted by Gasteiger charge is 2.65. The van der Waals surface area contributed by atoms with Crippen molar-refractivity contribution in [3.8, 4) is 0 Å². The number of carbonyl (C=O) groups excluding carboxylic acids is 1. The number of carboxylic acid groups (broad SMARTS) is 1. The van der Waals surface area contributed by atoms with Gasteiger partial charge in [-0.05, 0) is 111 Å². The van der Waals surface area contributed by atoms with Crippen molar-refractivity contribution < 1.29 is 30.0 Å². The first-order chi connectivity index (χ1) is 17.0. The van der Waals surface area contributed by atoms with Crippen LogP contribution in [0.5, 0.6) is 0 Å². The first kappa shape index (κ1) is 27.8. The van der Waals surface area contributed by atoms with Crippen molar-refractivity contribution in [2.45, 2.75) is 116 Å². The highest BCUT2D eigenvalue weighted by atomic mass is 16.4. The van der Waals surface area contributed by atoms with Crippen molar-refractivity contribution in [2.75, 3.05) is 6.54 Å². The molecular formula is C29H49NO6. The highest BCUT2D eigenvalue weighted by Crippen LogP contribution is 2.68. The number of hydrogen-bond acceptors (Lipinski definition) is 5. The molecule has 4 aliphatic carbocycles. The molecule has 0 aromatic heterocycles. The van der Waals surface area contributed by atoms with Gasteiger partial charge in [0.25, 0.3) is 0 Å². The maximum atomic E-state index is 12.4. The molecule has 0 aromatic rings. The van der Waals surface area contributed by atoms with Crippen LogP contribution >= 0.6 is 0 Å². The summed E-state index contributed by atoms with van der Waals surface area (Å²) in [5.74, 6) is 1.04. The Morgan fingerprint density at radius 3 is 2.31 bits per heavy atom. The van der Waals surface area contributed by atoms with Gasteiger partial charge in [0, 0.05) is 19.4 Å². The topological polar surface area (TPSA) is 127 Å². The molecular weight excluding hydrogens is 458 g/mol. The van der Waals surface area contributed by atoms with Crippen LogP contribution in [0.15, 0.2) is 0 Å². The zero-order valence-corrected chi connectivity index (χ0v) is 22.5. The van der Waals surface area contributed by atoms with E-state index in [2.05, 4.69) is 26.1 Å². The van der Waals surface area contributed by atoms with Crippen LogP contribution in [-0.4, -0.2) is 57.2 Å². The summed E-state index contributed by atoms with van der Waals surface area (Å²) in [5, 5.41) is 44.6. The quantitative estimate of drug-likeness (QED) is 0.303. The molecule has 0 bridgehead atoms. The van der Waals surface area contributed by atoms with Crippen LogP contribution in [0.2, 0.25) is 0 Å². The number of fused-ring (bicyclic) bond motifs is 5. The number of carboxylic acids is 1. The molecule has 0 radical (unpaired) electrons. The van der Waals surface area contributed by atoms with E-state index in [1.807, 2.05) is 0 Å². The number of hydrogen-bond donors (Lipinski definition) is 5. The normalized spacial score (nSPS) is 44.7. The molecule has 4 fully saturated rings. The third-order valence-electron chi connectivity index (χ3n) is 11.5. The molecule has 0 aliphatic heterocycles. The molecule has 0 saturated heterocycles. The molecule has 206 valence electrons. The molecule has 4 rings (SSSR count). The molecule has 0 spiro atoms. The van der Waals surface area contributed by atoms with Crippen LogP contribution in [0.1, 0.15) is 97.8 Å². The average molecular weight is 508 g/mol. The van der Waals surface area contributed by atoms with Gasteiger partial charge < -0.3 is 25.7 Å². The van der Waals surface area contributed by atoms with Crippen molar-refractivity contribution in [3.63, 3.8) is 0 Å². The van der Waals surface area contributed by atoms with Crippen molar-refractivity contribution in [1.29, 1.82) is 0 Å². The standard InChI is InChI=1S/C29H49NO6/c1-17(7-10-23(32)30-15-5-4-6-24(33)34)19-8-9-20-25-21(12-14-28(19,20)2)29(3)13-11-18(31)16-22(29)26(35)27(25)36/h17-22,25-27,31,35-36H,4-16H2,1-3H3,(H,30,32)(H,33,34)/t17-,18-,19-,20+,21+,22+,25+,26-,27+,28-,29-/m0/s1. The Hall–Kier alpha value is -1.18. The summed E-state index contributed by atoms with van der Waals surface area (Å²) in [6.07, 6.45) is 7.62. The minimum absolute atomic E-state index is 0.0177. The van der Waals surface area contributed by atoms with Gasteiger partial charge >= 0.3 is 5.97 Å². The number of rotatable bonds is 9. The summed E-state index contributed by atoms with van der Waals surface area (Å²) in [5.41, 5.74) is 0.0993. The molecule has 0 aromatic carbocycles. The van der Waals surface area contributed by atoms with Crippen molar-refractivity contribution in [3.05, 3.63) is 0 Å². The molecule has 36 heavy (non-hydrogen) atoms. The van der Waals surface area contributed by atoms with Crippen molar-refractivity contribution >= 4 is 11.9 Å². The second kappa shape index (κ2) is 10.9. The number of aliphatic hydroxyl groups is 3. The van der Waals surface area contributed by atoms with E-state index in [1.165, 1.54) is 0 Å². The summed E-state index contributed by atoms with van der Waals surface area (Å²) in [4.78, 5) is 23.0. The second-order valence-corrected chi connectivity index (χ2v) is 13.3. The summed E-state index contributed by atoms with van der Waals surface area (Å²) in [6.45, 7) is 7.53. The van der Waals surface area contributed by atoms with Crippen LogP contribution in [0.4, 0.5) is 0 Å². The van der Waals surface area contributed by atoms with Crippen LogP contribution in [0.3, 0.4) is 0 Å². The van der Waals surface area contributed by atoms with Crippen LogP contribution < -0.4 is 5.32 Å². The zero-order valence-electron chi connectivity index (χ0n) is 22.5. The third-order valence-corrected chi connectivity index (χ3v) is 11.5. The van der Waals surface area contributed by atoms with E-state index in [-0.39, 0.29) is 41.1 Å². The van der Waals surface area contributed by atoms with Gasteiger partial charge in [-0.3, -0.25) is 9.59 Å². The number of carbonyl (C=O) groups is 2. The van der Waals surface area contributed by atoms with E-state index in [9.17, 15) is 24.9 Å². The molecule has 0 unspecified atom stereocenters. The molecule has 7 heteroatoms. The lowest BCUT2D eigenvalue weighted by atomic mass is 9.43. The van der Waals surface area contributed by atoms with Gasteiger partial charge in [0.05, 0.1) is 18.3 Å². The van der Waals surface area contributed by atoms with Gasteiger partial charge in [-0.2, -0.15) is 0 Å². The number of amides is 1. The number of unbranched alkanes of at least 4 members (excludes halogenated alkanes) is 1.